The van der Waals surface area contributed by atoms with E-state index in [9.17, 15) is 9.59 Å². The maximum atomic E-state index is 12.2. The number of nitrogens with zero attached hydrogens (tertiary/aromatic N) is 1. The van der Waals surface area contributed by atoms with E-state index in [0.717, 1.165) is 0 Å². The zero-order valence-corrected chi connectivity index (χ0v) is 12.9. The van der Waals surface area contributed by atoms with Gasteiger partial charge in [0, 0.05) is 11.4 Å². The second-order valence-corrected chi connectivity index (χ2v) is 4.22. The lowest BCUT2D eigenvalue weighted by molar-refractivity contribution is -0.142. The molecule has 0 aliphatic rings. The zero-order valence-electron chi connectivity index (χ0n) is 11.2. The van der Waals surface area contributed by atoms with E-state index < -0.39 is 12.0 Å². The van der Waals surface area contributed by atoms with Crippen molar-refractivity contribution in [1.29, 1.82) is 0 Å². The topological polar surface area (TPSA) is 72.6 Å². The van der Waals surface area contributed by atoms with Crippen LogP contribution in [0.25, 0.3) is 0 Å². The third-order valence-electron chi connectivity index (χ3n) is 2.44. The van der Waals surface area contributed by atoms with E-state index in [1.54, 1.807) is 31.2 Å². The number of nitrogens with two attached hydrogens (primary N) is 1. The molecule has 0 fully saturated rings. The zero-order chi connectivity index (χ0) is 14.3. The third kappa shape index (κ3) is 5.40. The molecule has 5 nitrogen and oxygen atoms in total. The summed E-state index contributed by atoms with van der Waals surface area (Å²) in [5.74, 6) is -0.606. The first-order valence-corrected chi connectivity index (χ1v) is 6.61. The maximum absolute atomic E-state index is 12.2. The summed E-state index contributed by atoms with van der Waals surface area (Å²) >= 11 is 4.01. The minimum absolute atomic E-state index is 0. The molecule has 2 N–H and O–H groups in total. The second kappa shape index (κ2) is 9.63. The number of carbonyl (C=O) groups excluding carboxylic acids is 2. The molecule has 20 heavy (non-hydrogen) atoms. The third-order valence-corrected chi connectivity index (χ3v) is 2.83. The lowest BCUT2D eigenvalue weighted by Crippen LogP contribution is -2.47. The molecule has 0 spiro atoms. The molecule has 0 saturated carbocycles. The van der Waals surface area contributed by atoms with Gasteiger partial charge in [0.2, 0.25) is 5.91 Å². The van der Waals surface area contributed by atoms with Gasteiger partial charge >= 0.3 is 5.97 Å². The van der Waals surface area contributed by atoms with Crippen molar-refractivity contribution in [3.63, 3.8) is 0 Å². The number of benzene rings is 1. The number of carbonyl (C=O) groups is 2. The molecular formula is C13H19ClN2O3S. The summed E-state index contributed by atoms with van der Waals surface area (Å²) in [7, 11) is 0. The molecule has 0 aliphatic carbocycles. The van der Waals surface area contributed by atoms with Crippen molar-refractivity contribution in [2.24, 2.45) is 5.73 Å². The molecule has 1 aromatic rings. The smallest absolute Gasteiger partial charge is 0.326 e. The van der Waals surface area contributed by atoms with E-state index in [1.165, 1.54) is 4.90 Å². The summed E-state index contributed by atoms with van der Waals surface area (Å²) in [5, 5.41) is 0. The van der Waals surface area contributed by atoms with Crippen LogP contribution in [0.2, 0.25) is 0 Å². The van der Waals surface area contributed by atoms with Gasteiger partial charge in [-0.1, -0.05) is 18.2 Å². The van der Waals surface area contributed by atoms with Crippen molar-refractivity contribution in [3.8, 4) is 0 Å². The Balaban J connectivity index is 0.00000361. The van der Waals surface area contributed by atoms with Crippen molar-refractivity contribution in [3.05, 3.63) is 30.3 Å². The van der Waals surface area contributed by atoms with Gasteiger partial charge in [0.1, 0.15) is 6.54 Å². The van der Waals surface area contributed by atoms with Gasteiger partial charge in [-0.05, 0) is 19.1 Å². The van der Waals surface area contributed by atoms with Crippen LogP contribution in [0.5, 0.6) is 0 Å². The fourth-order valence-electron chi connectivity index (χ4n) is 1.52. The number of halogens is 1. The number of hydrogen-bond donors (Lipinski definition) is 2. The SMILES string of the molecule is CCOC(=O)CN(C(=O)[C@@H](N)CS)c1ccccc1.Cl. The Hall–Kier alpha value is -1.24. The number of esters is 1. The van der Waals surface area contributed by atoms with Gasteiger partial charge in [0.15, 0.2) is 0 Å². The normalized spacial score (nSPS) is 11.2. The number of hydrogen-bond acceptors (Lipinski definition) is 5. The van der Waals surface area contributed by atoms with Crippen LogP contribution in [-0.4, -0.2) is 36.8 Å². The average molecular weight is 319 g/mol. The van der Waals surface area contributed by atoms with Crippen molar-refractivity contribution >= 4 is 42.6 Å². The number of para-hydroxylation sites is 1. The minimum Gasteiger partial charge on any atom is -0.465 e. The first-order valence-electron chi connectivity index (χ1n) is 5.98. The summed E-state index contributed by atoms with van der Waals surface area (Å²) < 4.78 is 4.86. The van der Waals surface area contributed by atoms with E-state index >= 15 is 0 Å². The highest BCUT2D eigenvalue weighted by atomic mass is 35.5. The van der Waals surface area contributed by atoms with Gasteiger partial charge in [-0.25, -0.2) is 0 Å². The van der Waals surface area contributed by atoms with Gasteiger partial charge in [0.25, 0.3) is 0 Å². The number of anilines is 1. The fraction of sp³-hybridized carbons (Fsp3) is 0.385. The van der Waals surface area contributed by atoms with Crippen molar-refractivity contribution in [2.45, 2.75) is 13.0 Å². The molecule has 0 unspecified atom stereocenters. The highest BCUT2D eigenvalue weighted by Gasteiger charge is 2.24. The van der Waals surface area contributed by atoms with E-state index in [4.69, 9.17) is 10.5 Å². The van der Waals surface area contributed by atoms with Gasteiger partial charge in [0.05, 0.1) is 12.6 Å². The van der Waals surface area contributed by atoms with E-state index in [-0.39, 0.29) is 37.2 Å². The van der Waals surface area contributed by atoms with Crippen molar-refractivity contribution in [2.75, 3.05) is 23.8 Å². The monoisotopic (exact) mass is 318 g/mol. The van der Waals surface area contributed by atoms with Crippen LogP contribution in [0.3, 0.4) is 0 Å². The molecule has 1 amide bonds. The molecule has 0 saturated heterocycles. The number of rotatable bonds is 6. The molecule has 0 aromatic heterocycles. The summed E-state index contributed by atoms with van der Waals surface area (Å²) in [4.78, 5) is 25.0. The standard InChI is InChI=1S/C13H18N2O3S.ClH/c1-2-18-12(16)8-15(13(17)11(14)9-19)10-6-4-3-5-7-10;/h3-7,11,19H,2,8-9,14H2,1H3;1H/t11-;/m0./s1. The fourth-order valence-corrected chi connectivity index (χ4v) is 1.67. The first-order chi connectivity index (χ1) is 9.10. The summed E-state index contributed by atoms with van der Waals surface area (Å²) in [6.07, 6.45) is 0. The largest absolute Gasteiger partial charge is 0.465 e. The molecule has 7 heteroatoms. The molecule has 1 aromatic carbocycles. The predicted molar refractivity (Wildman–Crippen MR) is 84.5 cm³/mol. The molecule has 1 rings (SSSR count). The maximum Gasteiger partial charge on any atom is 0.326 e. The Labute approximate surface area is 130 Å². The van der Waals surface area contributed by atoms with Crippen LogP contribution < -0.4 is 10.6 Å². The number of thiol groups is 1. The van der Waals surface area contributed by atoms with E-state index in [2.05, 4.69) is 12.6 Å². The lowest BCUT2D eigenvalue weighted by atomic mass is 10.2. The molecule has 0 aliphatic heterocycles. The summed E-state index contributed by atoms with van der Waals surface area (Å²) in [5.41, 5.74) is 6.29. The van der Waals surface area contributed by atoms with Crippen molar-refractivity contribution in [1.82, 2.24) is 0 Å². The van der Waals surface area contributed by atoms with Crippen LogP contribution >= 0.6 is 25.0 Å². The quantitative estimate of drug-likeness (QED) is 0.612. The molecule has 0 radical (unpaired) electrons. The number of amides is 1. The van der Waals surface area contributed by atoms with E-state index in [0.29, 0.717) is 5.69 Å². The van der Waals surface area contributed by atoms with Crippen LogP contribution in [0, 0.1) is 0 Å². The Morgan fingerprint density at radius 3 is 2.45 bits per heavy atom. The second-order valence-electron chi connectivity index (χ2n) is 3.85. The number of ether oxygens (including phenoxy) is 1. The highest BCUT2D eigenvalue weighted by molar-refractivity contribution is 7.80. The molecule has 1 atom stereocenters. The predicted octanol–water partition coefficient (Wildman–Crippen LogP) is 1.26. The van der Waals surface area contributed by atoms with Gasteiger partial charge in [-0.2, -0.15) is 12.6 Å². The summed E-state index contributed by atoms with van der Waals surface area (Å²) in [6.45, 7) is 1.83. The van der Waals surface area contributed by atoms with Crippen LogP contribution in [0.15, 0.2) is 30.3 Å². The molecule has 0 heterocycles. The Kier molecular flexibility index (Phi) is 9.03. The Morgan fingerprint density at radius 1 is 1.35 bits per heavy atom. The Bertz CT molecular complexity index is 431. The summed E-state index contributed by atoms with van der Waals surface area (Å²) in [6, 6.07) is 8.12. The first kappa shape index (κ1) is 18.8. The lowest BCUT2D eigenvalue weighted by Gasteiger charge is -2.24. The highest BCUT2D eigenvalue weighted by Crippen LogP contribution is 2.14. The Morgan fingerprint density at radius 2 is 1.95 bits per heavy atom. The van der Waals surface area contributed by atoms with Gasteiger partial charge < -0.3 is 10.5 Å². The van der Waals surface area contributed by atoms with Gasteiger partial charge in [-0.15, -0.1) is 12.4 Å². The molecular weight excluding hydrogens is 300 g/mol. The average Bonchev–Trinajstić information content (AvgIpc) is 2.44. The van der Waals surface area contributed by atoms with Crippen molar-refractivity contribution < 1.29 is 14.3 Å². The minimum atomic E-state index is -0.752. The molecule has 112 valence electrons. The van der Waals surface area contributed by atoms with Crippen LogP contribution in [0.4, 0.5) is 5.69 Å². The van der Waals surface area contributed by atoms with Crippen LogP contribution in [0.1, 0.15) is 6.92 Å². The van der Waals surface area contributed by atoms with E-state index in [1.807, 2.05) is 6.07 Å². The van der Waals surface area contributed by atoms with Gasteiger partial charge in [-0.3, -0.25) is 14.5 Å². The molecule has 0 bridgehead atoms. The van der Waals surface area contributed by atoms with Crippen LogP contribution in [-0.2, 0) is 14.3 Å².